The van der Waals surface area contributed by atoms with E-state index in [2.05, 4.69) is 19.6 Å². The average molecular weight is 456 g/mol. The number of carbonyl (C=O) groups is 1. The Morgan fingerprint density at radius 1 is 0.938 bits per heavy atom. The van der Waals surface area contributed by atoms with Gasteiger partial charge in [0.05, 0.1) is 35.4 Å². The molecule has 2 aliphatic rings. The van der Waals surface area contributed by atoms with Gasteiger partial charge in [0.1, 0.15) is 0 Å². The summed E-state index contributed by atoms with van der Waals surface area (Å²) in [4.78, 5) is 17.3. The fourth-order valence-electron chi connectivity index (χ4n) is 4.21. The van der Waals surface area contributed by atoms with Crippen molar-refractivity contribution >= 4 is 32.8 Å². The van der Waals surface area contributed by atoms with Crippen LogP contribution in [-0.4, -0.2) is 63.3 Å². The molecule has 168 valence electrons. The zero-order chi connectivity index (χ0) is 22.1. The van der Waals surface area contributed by atoms with Gasteiger partial charge in [-0.05, 0) is 49.2 Å². The number of carbonyl (C=O) groups excluding carboxylic acids is 1. The first-order valence-electron chi connectivity index (χ1n) is 10.7. The highest BCUT2D eigenvalue weighted by Crippen LogP contribution is 2.24. The number of nitrogens with zero attached hydrogens (tertiary/aromatic N) is 4. The number of ether oxygens (including phenoxy) is 1. The van der Waals surface area contributed by atoms with Crippen LogP contribution in [0, 0.1) is 0 Å². The molecule has 3 aromatic rings. The normalized spacial score (nSPS) is 17.1. The smallest absolute Gasteiger partial charge is 0.268 e. The number of amides is 1. The summed E-state index contributed by atoms with van der Waals surface area (Å²) in [5.74, 6) is -0.698. The lowest BCUT2D eigenvalue weighted by Crippen LogP contribution is -2.36. The number of nitrogens with one attached hydrogen (secondary N) is 1. The summed E-state index contributed by atoms with van der Waals surface area (Å²) < 4.78 is 34.8. The first-order chi connectivity index (χ1) is 15.5. The first kappa shape index (κ1) is 20.8. The molecule has 1 aromatic carbocycles. The summed E-state index contributed by atoms with van der Waals surface area (Å²) >= 11 is 0. The van der Waals surface area contributed by atoms with E-state index in [1.54, 1.807) is 22.8 Å². The number of aromatic nitrogens is 2. The van der Waals surface area contributed by atoms with Crippen molar-refractivity contribution in [1.82, 2.24) is 14.3 Å². The van der Waals surface area contributed by atoms with E-state index >= 15 is 0 Å². The van der Waals surface area contributed by atoms with Crippen LogP contribution >= 0.6 is 0 Å². The Morgan fingerprint density at radius 2 is 1.62 bits per heavy atom. The van der Waals surface area contributed by atoms with Gasteiger partial charge >= 0.3 is 0 Å². The maximum absolute atomic E-state index is 12.9. The van der Waals surface area contributed by atoms with E-state index in [9.17, 15) is 13.2 Å². The molecule has 2 fully saturated rings. The standard InChI is InChI=1S/C22H25N5O4S/c28-22(20-16-23-27-10-7-18(15-21(20)27)25-8-1-2-9-25)24-32(29,30)19-5-3-17(4-6-19)26-11-13-31-14-12-26/h3-7,10,15-16H,1-2,8-9,11-14H2,(H,24,28). The summed E-state index contributed by atoms with van der Waals surface area (Å²) in [6.45, 7) is 4.76. The van der Waals surface area contributed by atoms with Gasteiger partial charge in [-0.3, -0.25) is 4.79 Å². The summed E-state index contributed by atoms with van der Waals surface area (Å²) in [7, 11) is -4.02. The number of sulfonamides is 1. The Bertz CT molecular complexity index is 1230. The van der Waals surface area contributed by atoms with Crippen molar-refractivity contribution in [1.29, 1.82) is 0 Å². The number of benzene rings is 1. The SMILES string of the molecule is O=C(NS(=O)(=O)c1ccc(N2CCOCC2)cc1)c1cnn2ccc(N3CCCC3)cc12. The van der Waals surface area contributed by atoms with E-state index < -0.39 is 15.9 Å². The van der Waals surface area contributed by atoms with Gasteiger partial charge in [0.25, 0.3) is 15.9 Å². The highest BCUT2D eigenvalue weighted by atomic mass is 32.2. The summed E-state index contributed by atoms with van der Waals surface area (Å²) in [6.07, 6.45) is 5.47. The van der Waals surface area contributed by atoms with Gasteiger partial charge < -0.3 is 14.5 Å². The summed E-state index contributed by atoms with van der Waals surface area (Å²) in [5, 5.41) is 4.20. The molecule has 5 rings (SSSR count). The van der Waals surface area contributed by atoms with Crippen LogP contribution in [0.1, 0.15) is 23.2 Å². The maximum Gasteiger partial charge on any atom is 0.268 e. The summed E-state index contributed by atoms with van der Waals surface area (Å²) in [5.41, 5.74) is 2.73. The molecule has 10 heteroatoms. The van der Waals surface area contributed by atoms with Crippen molar-refractivity contribution in [3.63, 3.8) is 0 Å². The van der Waals surface area contributed by atoms with E-state index in [-0.39, 0.29) is 10.5 Å². The number of morpholine rings is 1. The van der Waals surface area contributed by atoms with Crippen molar-refractivity contribution in [2.75, 3.05) is 49.2 Å². The number of hydrogen-bond donors (Lipinski definition) is 1. The Balaban J connectivity index is 1.35. The molecule has 2 saturated heterocycles. The number of anilines is 2. The third-order valence-electron chi connectivity index (χ3n) is 5.97. The van der Waals surface area contributed by atoms with Crippen LogP contribution in [0.3, 0.4) is 0 Å². The molecular formula is C22H25N5O4S. The van der Waals surface area contributed by atoms with Crippen LogP contribution in [0.5, 0.6) is 0 Å². The number of pyridine rings is 1. The van der Waals surface area contributed by atoms with Crippen LogP contribution in [0.15, 0.2) is 53.7 Å². The summed E-state index contributed by atoms with van der Waals surface area (Å²) in [6, 6.07) is 10.4. The highest BCUT2D eigenvalue weighted by molar-refractivity contribution is 7.90. The van der Waals surface area contributed by atoms with Gasteiger partial charge in [-0.1, -0.05) is 0 Å². The lowest BCUT2D eigenvalue weighted by molar-refractivity contribution is 0.0983. The Morgan fingerprint density at radius 3 is 2.34 bits per heavy atom. The number of fused-ring (bicyclic) bond motifs is 1. The minimum Gasteiger partial charge on any atom is -0.378 e. The molecule has 32 heavy (non-hydrogen) atoms. The van der Waals surface area contributed by atoms with Crippen LogP contribution in [0.2, 0.25) is 0 Å². The molecule has 2 aliphatic heterocycles. The van der Waals surface area contributed by atoms with Gasteiger partial charge in [0.15, 0.2) is 0 Å². The highest BCUT2D eigenvalue weighted by Gasteiger charge is 2.23. The molecule has 0 unspecified atom stereocenters. The lowest BCUT2D eigenvalue weighted by Gasteiger charge is -2.28. The second-order valence-corrected chi connectivity index (χ2v) is 9.68. The van der Waals surface area contributed by atoms with E-state index in [0.717, 1.165) is 50.4 Å². The minimum absolute atomic E-state index is 0.0390. The van der Waals surface area contributed by atoms with Crippen molar-refractivity contribution < 1.29 is 17.9 Å². The first-order valence-corrected chi connectivity index (χ1v) is 12.2. The van der Waals surface area contributed by atoms with Crippen molar-refractivity contribution in [2.45, 2.75) is 17.7 Å². The third kappa shape index (κ3) is 4.03. The topological polar surface area (TPSA) is 96.2 Å². The predicted molar refractivity (Wildman–Crippen MR) is 121 cm³/mol. The largest absolute Gasteiger partial charge is 0.378 e. The number of hydrogen-bond acceptors (Lipinski definition) is 7. The predicted octanol–water partition coefficient (Wildman–Crippen LogP) is 1.89. The van der Waals surface area contributed by atoms with Gasteiger partial charge in [0.2, 0.25) is 0 Å². The Labute approximate surface area is 186 Å². The molecule has 0 aliphatic carbocycles. The second-order valence-electron chi connectivity index (χ2n) is 8.00. The van der Waals surface area contributed by atoms with Crippen molar-refractivity contribution in [3.8, 4) is 0 Å². The van der Waals surface area contributed by atoms with Gasteiger partial charge in [-0.15, -0.1) is 0 Å². The van der Waals surface area contributed by atoms with Gasteiger partial charge in [-0.25, -0.2) is 17.7 Å². The Kier molecular flexibility index (Phi) is 5.48. The molecular weight excluding hydrogens is 430 g/mol. The molecule has 0 saturated carbocycles. The fraction of sp³-hybridized carbons (Fsp3) is 0.364. The third-order valence-corrected chi connectivity index (χ3v) is 7.32. The minimum atomic E-state index is -4.02. The van der Waals surface area contributed by atoms with Gasteiger partial charge in [-0.2, -0.15) is 5.10 Å². The van der Waals surface area contributed by atoms with Crippen molar-refractivity contribution in [2.24, 2.45) is 0 Å². The quantitative estimate of drug-likeness (QED) is 0.628. The molecule has 0 spiro atoms. The maximum atomic E-state index is 12.9. The lowest BCUT2D eigenvalue weighted by atomic mass is 10.2. The van der Waals surface area contributed by atoms with E-state index in [1.165, 1.54) is 18.3 Å². The van der Waals surface area contributed by atoms with Crippen LogP contribution in [0.4, 0.5) is 11.4 Å². The van der Waals surface area contributed by atoms with Gasteiger partial charge in [0, 0.05) is 43.8 Å². The molecule has 4 heterocycles. The monoisotopic (exact) mass is 455 g/mol. The average Bonchev–Trinajstić information content (AvgIpc) is 3.49. The van der Waals surface area contributed by atoms with Crippen molar-refractivity contribution in [3.05, 3.63) is 54.4 Å². The van der Waals surface area contributed by atoms with Crippen LogP contribution in [-0.2, 0) is 14.8 Å². The van der Waals surface area contributed by atoms with Crippen LogP contribution < -0.4 is 14.5 Å². The van der Waals surface area contributed by atoms with E-state index in [4.69, 9.17) is 4.74 Å². The zero-order valence-corrected chi connectivity index (χ0v) is 18.4. The number of rotatable bonds is 5. The van der Waals surface area contributed by atoms with E-state index in [0.29, 0.717) is 18.7 Å². The Hall–Kier alpha value is -3.11. The molecule has 1 N–H and O–H groups in total. The fourth-order valence-corrected chi connectivity index (χ4v) is 5.18. The molecule has 0 atom stereocenters. The zero-order valence-electron chi connectivity index (χ0n) is 17.6. The molecule has 0 bridgehead atoms. The molecule has 0 radical (unpaired) electrons. The molecule has 9 nitrogen and oxygen atoms in total. The second kappa shape index (κ2) is 8.44. The van der Waals surface area contributed by atoms with E-state index in [1.807, 2.05) is 12.1 Å². The molecule has 1 amide bonds. The molecule has 2 aromatic heterocycles. The van der Waals surface area contributed by atoms with Crippen LogP contribution in [0.25, 0.3) is 5.52 Å².